The molecule has 0 aromatic carbocycles. The molecule has 134 valence electrons. The number of hydrogen-bond acceptors (Lipinski definition) is 6. The highest BCUT2D eigenvalue weighted by molar-refractivity contribution is 5.50. The number of aryl methyl sites for hydroxylation is 1. The quantitative estimate of drug-likeness (QED) is 0.749. The lowest BCUT2D eigenvalue weighted by Crippen LogP contribution is -2.35. The molecule has 1 aliphatic rings. The monoisotopic (exact) mass is 341 g/mol. The first-order valence-electron chi connectivity index (χ1n) is 9.03. The van der Waals surface area contributed by atoms with E-state index in [1.807, 2.05) is 32.0 Å². The zero-order chi connectivity index (χ0) is 17.6. The highest BCUT2D eigenvalue weighted by Crippen LogP contribution is 2.28. The van der Waals surface area contributed by atoms with Crippen LogP contribution in [0.3, 0.4) is 0 Å². The summed E-state index contributed by atoms with van der Waals surface area (Å²) in [6.45, 7) is 4.85. The summed E-state index contributed by atoms with van der Waals surface area (Å²) in [5.74, 6) is 1.77. The first kappa shape index (κ1) is 17.6. The van der Waals surface area contributed by atoms with Crippen LogP contribution in [0.4, 0.5) is 11.8 Å². The van der Waals surface area contributed by atoms with E-state index in [2.05, 4.69) is 25.6 Å². The third-order valence-corrected chi connectivity index (χ3v) is 5.01. The second-order valence-electron chi connectivity index (χ2n) is 6.76. The van der Waals surface area contributed by atoms with Crippen LogP contribution in [0, 0.1) is 19.8 Å². The number of pyridine rings is 1. The number of aliphatic hydroxyl groups excluding tert-OH is 1. The Morgan fingerprint density at radius 3 is 2.76 bits per heavy atom. The maximum absolute atomic E-state index is 9.64. The van der Waals surface area contributed by atoms with Gasteiger partial charge >= 0.3 is 0 Å². The van der Waals surface area contributed by atoms with Crippen molar-refractivity contribution in [3.8, 4) is 0 Å². The molecule has 2 heterocycles. The van der Waals surface area contributed by atoms with Crippen molar-refractivity contribution in [1.82, 2.24) is 15.0 Å². The lowest BCUT2D eigenvalue weighted by molar-refractivity contribution is 0.178. The minimum atomic E-state index is 0.228. The highest BCUT2D eigenvalue weighted by Gasteiger charge is 2.25. The fraction of sp³-hybridized carbons (Fsp3) is 0.526. The molecule has 0 spiro atoms. The molecule has 2 aromatic rings. The van der Waals surface area contributed by atoms with E-state index in [1.54, 1.807) is 6.20 Å². The Labute approximate surface area is 149 Å². The summed E-state index contributed by atoms with van der Waals surface area (Å²) in [6, 6.07) is 6.12. The van der Waals surface area contributed by atoms with Crippen molar-refractivity contribution in [1.29, 1.82) is 0 Å². The van der Waals surface area contributed by atoms with Crippen LogP contribution in [0.15, 0.2) is 24.4 Å². The molecule has 0 amide bonds. The number of aliphatic hydroxyl groups is 1. The fourth-order valence-corrected chi connectivity index (χ4v) is 3.31. The van der Waals surface area contributed by atoms with E-state index in [0.717, 1.165) is 35.6 Å². The maximum atomic E-state index is 9.64. The summed E-state index contributed by atoms with van der Waals surface area (Å²) in [6.07, 6.45) is 6.32. The molecule has 1 saturated carbocycles. The normalized spacial score (nSPS) is 20.3. The van der Waals surface area contributed by atoms with Gasteiger partial charge in [-0.3, -0.25) is 4.98 Å². The van der Waals surface area contributed by atoms with Crippen molar-refractivity contribution < 1.29 is 5.11 Å². The van der Waals surface area contributed by atoms with Gasteiger partial charge in [0, 0.05) is 36.0 Å². The Balaban J connectivity index is 1.73. The minimum absolute atomic E-state index is 0.228. The van der Waals surface area contributed by atoms with Crippen molar-refractivity contribution in [3.05, 3.63) is 41.3 Å². The molecule has 0 radical (unpaired) electrons. The zero-order valence-corrected chi connectivity index (χ0v) is 15.0. The number of hydrogen-bond donors (Lipinski definition) is 3. The zero-order valence-electron chi connectivity index (χ0n) is 15.0. The molecule has 3 N–H and O–H groups in total. The van der Waals surface area contributed by atoms with E-state index in [4.69, 9.17) is 0 Å². The minimum Gasteiger partial charge on any atom is -0.396 e. The molecule has 6 nitrogen and oxygen atoms in total. The SMILES string of the molecule is Cc1nc(NCc2ccccn2)nc(N[C@H]2CCCC[C@H]2CO)c1C. The molecule has 2 aromatic heterocycles. The lowest BCUT2D eigenvalue weighted by atomic mass is 9.85. The van der Waals surface area contributed by atoms with Crippen molar-refractivity contribution in [2.24, 2.45) is 5.92 Å². The van der Waals surface area contributed by atoms with Crippen molar-refractivity contribution in [3.63, 3.8) is 0 Å². The highest BCUT2D eigenvalue weighted by atomic mass is 16.3. The van der Waals surface area contributed by atoms with Gasteiger partial charge in [0.05, 0.1) is 12.2 Å². The van der Waals surface area contributed by atoms with Crippen molar-refractivity contribution in [2.45, 2.75) is 52.1 Å². The van der Waals surface area contributed by atoms with Crippen LogP contribution >= 0.6 is 0 Å². The Bertz CT molecular complexity index is 692. The first-order valence-corrected chi connectivity index (χ1v) is 9.03. The van der Waals surface area contributed by atoms with E-state index in [1.165, 1.54) is 12.8 Å². The maximum Gasteiger partial charge on any atom is 0.225 e. The van der Waals surface area contributed by atoms with Crippen LogP contribution in [0.1, 0.15) is 42.6 Å². The lowest BCUT2D eigenvalue weighted by Gasteiger charge is -2.31. The van der Waals surface area contributed by atoms with Gasteiger partial charge in [-0.15, -0.1) is 0 Å². The van der Waals surface area contributed by atoms with Crippen molar-refractivity contribution >= 4 is 11.8 Å². The number of anilines is 2. The van der Waals surface area contributed by atoms with E-state index in [9.17, 15) is 5.11 Å². The van der Waals surface area contributed by atoms with Gasteiger partial charge in [-0.1, -0.05) is 18.9 Å². The van der Waals surface area contributed by atoms with Crippen LogP contribution in [-0.4, -0.2) is 32.7 Å². The first-order chi connectivity index (χ1) is 12.2. The average Bonchev–Trinajstić information content (AvgIpc) is 2.65. The summed E-state index contributed by atoms with van der Waals surface area (Å²) < 4.78 is 0. The summed E-state index contributed by atoms with van der Waals surface area (Å²) in [5.41, 5.74) is 2.97. The Hall–Kier alpha value is -2.21. The summed E-state index contributed by atoms with van der Waals surface area (Å²) in [4.78, 5) is 13.5. The molecule has 6 heteroatoms. The smallest absolute Gasteiger partial charge is 0.225 e. The number of nitrogens with one attached hydrogen (secondary N) is 2. The third kappa shape index (κ3) is 4.45. The van der Waals surface area contributed by atoms with E-state index in [-0.39, 0.29) is 12.6 Å². The van der Waals surface area contributed by atoms with Gasteiger partial charge in [-0.05, 0) is 38.8 Å². The topological polar surface area (TPSA) is 83.0 Å². The molecule has 1 aliphatic carbocycles. The van der Waals surface area contributed by atoms with Gasteiger partial charge < -0.3 is 15.7 Å². The Morgan fingerprint density at radius 1 is 1.16 bits per heavy atom. The number of rotatable bonds is 6. The second-order valence-corrected chi connectivity index (χ2v) is 6.76. The van der Waals surface area contributed by atoms with Gasteiger partial charge in [-0.2, -0.15) is 4.98 Å². The van der Waals surface area contributed by atoms with Crippen LogP contribution < -0.4 is 10.6 Å². The summed E-state index contributed by atoms with van der Waals surface area (Å²) in [5, 5.41) is 16.5. The number of aromatic nitrogens is 3. The summed E-state index contributed by atoms with van der Waals surface area (Å²) in [7, 11) is 0. The predicted octanol–water partition coefficient (Wildman–Crippen LogP) is 3.06. The Kier molecular flexibility index (Phi) is 5.81. The van der Waals surface area contributed by atoms with Gasteiger partial charge in [0.1, 0.15) is 5.82 Å². The van der Waals surface area contributed by atoms with Crippen LogP contribution in [0.25, 0.3) is 0 Å². The molecular formula is C19H27N5O. The largest absolute Gasteiger partial charge is 0.396 e. The van der Waals surface area contributed by atoms with E-state index < -0.39 is 0 Å². The molecule has 0 unspecified atom stereocenters. The van der Waals surface area contributed by atoms with Crippen molar-refractivity contribution in [2.75, 3.05) is 17.2 Å². The van der Waals surface area contributed by atoms with Crippen LogP contribution in [0.5, 0.6) is 0 Å². The van der Waals surface area contributed by atoms with Gasteiger partial charge in [0.2, 0.25) is 5.95 Å². The fourth-order valence-electron chi connectivity index (χ4n) is 3.31. The average molecular weight is 341 g/mol. The molecule has 0 aliphatic heterocycles. The standard InChI is InChI=1S/C19H27N5O/c1-13-14(2)22-19(21-11-16-8-5-6-10-20-16)24-18(13)23-17-9-4-3-7-15(17)12-25/h5-6,8,10,15,17,25H,3-4,7,9,11-12H2,1-2H3,(H2,21,22,23,24)/t15-,17-/m0/s1. The van der Waals surface area contributed by atoms with Gasteiger partial charge in [0.15, 0.2) is 0 Å². The molecule has 25 heavy (non-hydrogen) atoms. The molecule has 2 atom stereocenters. The second kappa shape index (κ2) is 8.25. The van der Waals surface area contributed by atoms with Crippen LogP contribution in [0.2, 0.25) is 0 Å². The molecule has 1 fully saturated rings. The van der Waals surface area contributed by atoms with E-state index in [0.29, 0.717) is 18.4 Å². The predicted molar refractivity (Wildman–Crippen MR) is 99.5 cm³/mol. The van der Waals surface area contributed by atoms with Gasteiger partial charge in [0.25, 0.3) is 0 Å². The van der Waals surface area contributed by atoms with E-state index >= 15 is 0 Å². The summed E-state index contributed by atoms with van der Waals surface area (Å²) >= 11 is 0. The van der Waals surface area contributed by atoms with Gasteiger partial charge in [-0.25, -0.2) is 4.98 Å². The van der Waals surface area contributed by atoms with Crippen LogP contribution in [-0.2, 0) is 6.54 Å². The number of nitrogens with zero attached hydrogens (tertiary/aromatic N) is 3. The molecule has 0 bridgehead atoms. The molecule has 3 rings (SSSR count). The Morgan fingerprint density at radius 2 is 2.00 bits per heavy atom. The third-order valence-electron chi connectivity index (χ3n) is 5.01. The molecule has 0 saturated heterocycles. The molecular weight excluding hydrogens is 314 g/mol.